The van der Waals surface area contributed by atoms with E-state index in [9.17, 15) is 9.59 Å². The average Bonchev–Trinajstić information content (AvgIpc) is 2.34. The summed E-state index contributed by atoms with van der Waals surface area (Å²) in [6.45, 7) is 2.22. The molecule has 7 nitrogen and oxygen atoms in total. The first-order valence-corrected chi connectivity index (χ1v) is 5.33. The standard InChI is InChI=1S/C10H14N3O4.Ir/c1-6-4-13(10(16)12-9(6)15)8-3-11-2-7(5-14)17-8;/h4,7-8,14H,2-3,5H2,1H3,(H,12,15,16);/q-1;. The van der Waals surface area contributed by atoms with Gasteiger partial charge in [0.25, 0.3) is 5.56 Å². The number of nitrogens with one attached hydrogen (secondary N) is 1. The van der Waals surface area contributed by atoms with Gasteiger partial charge in [-0.2, -0.15) is 0 Å². The Morgan fingerprint density at radius 1 is 1.56 bits per heavy atom. The van der Waals surface area contributed by atoms with Crippen molar-refractivity contribution in [1.29, 1.82) is 0 Å². The van der Waals surface area contributed by atoms with Gasteiger partial charge in [0.2, 0.25) is 0 Å². The monoisotopic (exact) mass is 433 g/mol. The molecule has 1 fully saturated rings. The minimum absolute atomic E-state index is 0. The smallest absolute Gasteiger partial charge is 0.330 e. The van der Waals surface area contributed by atoms with E-state index in [1.807, 2.05) is 0 Å². The van der Waals surface area contributed by atoms with Crippen LogP contribution in [0.1, 0.15) is 11.8 Å². The molecule has 2 atom stereocenters. The van der Waals surface area contributed by atoms with E-state index in [1.165, 1.54) is 10.8 Å². The molecular formula is C10H14IrN3O4-. The Balaban J connectivity index is 0.00000162. The summed E-state index contributed by atoms with van der Waals surface area (Å²) in [4.78, 5) is 25.0. The van der Waals surface area contributed by atoms with Crippen LogP contribution < -0.4 is 11.2 Å². The summed E-state index contributed by atoms with van der Waals surface area (Å²) in [7, 11) is 0. The van der Waals surface area contributed by atoms with E-state index >= 15 is 0 Å². The Hall–Kier alpha value is -0.791. The molecule has 1 aromatic rings. The largest absolute Gasteiger partial charge is 0.656 e. The van der Waals surface area contributed by atoms with Crippen LogP contribution >= 0.6 is 0 Å². The number of aliphatic hydroxyl groups is 1. The number of hydrogen-bond acceptors (Lipinski definition) is 4. The predicted octanol–water partition coefficient (Wildman–Crippen LogP) is -0.894. The summed E-state index contributed by atoms with van der Waals surface area (Å²) >= 11 is 0. The van der Waals surface area contributed by atoms with Gasteiger partial charge in [-0.3, -0.25) is 14.3 Å². The Morgan fingerprint density at radius 2 is 2.28 bits per heavy atom. The quantitative estimate of drug-likeness (QED) is 0.633. The van der Waals surface area contributed by atoms with Crippen LogP contribution in [0.3, 0.4) is 0 Å². The van der Waals surface area contributed by atoms with E-state index in [0.717, 1.165) is 0 Å². The van der Waals surface area contributed by atoms with Gasteiger partial charge in [-0.15, -0.1) is 13.1 Å². The number of aryl methyl sites for hydroxylation is 1. The van der Waals surface area contributed by atoms with E-state index < -0.39 is 23.6 Å². The van der Waals surface area contributed by atoms with Crippen LogP contribution in [0.4, 0.5) is 0 Å². The van der Waals surface area contributed by atoms with E-state index in [1.54, 1.807) is 6.92 Å². The first kappa shape index (κ1) is 15.3. The zero-order chi connectivity index (χ0) is 12.4. The van der Waals surface area contributed by atoms with Gasteiger partial charge in [0.05, 0.1) is 12.7 Å². The molecule has 0 aromatic carbocycles. The maximum atomic E-state index is 11.6. The molecule has 1 aromatic heterocycles. The SMILES string of the molecule is Cc1cn(C2C[N-]CC(CO)O2)c(=O)[nH]c1=O.[Ir]. The average molecular weight is 432 g/mol. The normalized spacial score (nSPS) is 23.4. The van der Waals surface area contributed by atoms with Crippen LogP contribution in [0.2, 0.25) is 0 Å². The van der Waals surface area contributed by atoms with Gasteiger partial charge in [-0.1, -0.05) is 0 Å². The van der Waals surface area contributed by atoms with Crippen molar-refractivity contribution in [3.8, 4) is 0 Å². The summed E-state index contributed by atoms with van der Waals surface area (Å²) in [5.74, 6) is 0. The maximum Gasteiger partial charge on any atom is 0.330 e. The van der Waals surface area contributed by atoms with Crippen molar-refractivity contribution in [1.82, 2.24) is 9.55 Å². The van der Waals surface area contributed by atoms with Crippen molar-refractivity contribution in [2.45, 2.75) is 19.3 Å². The first-order valence-electron chi connectivity index (χ1n) is 5.33. The first-order chi connectivity index (χ1) is 8.11. The van der Waals surface area contributed by atoms with Crippen LogP contribution in [0.25, 0.3) is 5.32 Å². The third-order valence-electron chi connectivity index (χ3n) is 2.63. The van der Waals surface area contributed by atoms with Gasteiger partial charge >= 0.3 is 5.69 Å². The van der Waals surface area contributed by atoms with Gasteiger partial charge in [-0.05, 0) is 6.92 Å². The van der Waals surface area contributed by atoms with E-state index in [0.29, 0.717) is 18.7 Å². The van der Waals surface area contributed by atoms with Gasteiger partial charge < -0.3 is 15.2 Å². The zero-order valence-electron chi connectivity index (χ0n) is 9.75. The van der Waals surface area contributed by atoms with Gasteiger partial charge in [0, 0.05) is 31.9 Å². The molecule has 0 spiro atoms. The number of ether oxygens (including phenoxy) is 1. The number of aliphatic hydroxyl groups excluding tert-OH is 1. The number of aromatic amines is 1. The number of aromatic nitrogens is 2. The maximum absolute atomic E-state index is 11.6. The zero-order valence-corrected chi connectivity index (χ0v) is 12.1. The van der Waals surface area contributed by atoms with Crippen molar-refractivity contribution in [2.75, 3.05) is 19.7 Å². The number of rotatable bonds is 2. The van der Waals surface area contributed by atoms with E-state index in [-0.39, 0.29) is 26.7 Å². The minimum Gasteiger partial charge on any atom is -0.656 e. The van der Waals surface area contributed by atoms with Gasteiger partial charge in [-0.25, -0.2) is 4.79 Å². The molecule has 2 N–H and O–H groups in total. The second-order valence-corrected chi connectivity index (χ2v) is 3.96. The molecule has 2 heterocycles. The fourth-order valence-electron chi connectivity index (χ4n) is 1.69. The fourth-order valence-corrected chi connectivity index (χ4v) is 1.69. The van der Waals surface area contributed by atoms with Crippen molar-refractivity contribution < 1.29 is 29.9 Å². The predicted molar refractivity (Wildman–Crippen MR) is 60.1 cm³/mol. The summed E-state index contributed by atoms with van der Waals surface area (Å²) in [5, 5.41) is 13.1. The molecule has 1 aliphatic rings. The molecule has 0 saturated carbocycles. The summed E-state index contributed by atoms with van der Waals surface area (Å²) < 4.78 is 6.79. The van der Waals surface area contributed by atoms with Crippen LogP contribution in [0.15, 0.2) is 15.8 Å². The third-order valence-corrected chi connectivity index (χ3v) is 2.63. The Kier molecular flexibility index (Phi) is 5.43. The Labute approximate surface area is 117 Å². The minimum atomic E-state index is -0.566. The summed E-state index contributed by atoms with van der Waals surface area (Å²) in [5.41, 5.74) is -0.503. The van der Waals surface area contributed by atoms with Gasteiger partial charge in [0.15, 0.2) is 0 Å². The van der Waals surface area contributed by atoms with Crippen molar-refractivity contribution in [2.24, 2.45) is 0 Å². The second-order valence-electron chi connectivity index (χ2n) is 3.96. The summed E-state index contributed by atoms with van der Waals surface area (Å²) in [6, 6.07) is 0. The van der Waals surface area contributed by atoms with Crippen LogP contribution in [0.5, 0.6) is 0 Å². The Bertz CT molecular complexity index is 513. The number of nitrogens with zero attached hydrogens (tertiary/aromatic N) is 2. The topological polar surface area (TPSA) is 98.4 Å². The molecule has 0 bridgehead atoms. The van der Waals surface area contributed by atoms with Crippen LogP contribution in [0, 0.1) is 6.92 Å². The van der Waals surface area contributed by atoms with Crippen molar-refractivity contribution >= 4 is 0 Å². The summed E-state index contributed by atoms with van der Waals surface area (Å²) in [6.07, 6.45) is 0.484. The number of morpholine rings is 1. The molecule has 0 amide bonds. The molecule has 2 unspecified atom stereocenters. The Morgan fingerprint density at radius 3 is 2.94 bits per heavy atom. The van der Waals surface area contributed by atoms with Crippen LogP contribution in [-0.4, -0.2) is 40.5 Å². The second kappa shape index (κ2) is 6.40. The molecule has 0 aliphatic carbocycles. The fraction of sp³-hybridized carbons (Fsp3) is 0.600. The molecule has 1 radical (unpaired) electrons. The molecule has 18 heavy (non-hydrogen) atoms. The molecule has 103 valence electrons. The molecule has 1 aliphatic heterocycles. The van der Waals surface area contributed by atoms with E-state index in [2.05, 4.69) is 10.3 Å². The van der Waals surface area contributed by atoms with Crippen LogP contribution in [-0.2, 0) is 24.8 Å². The van der Waals surface area contributed by atoms with Crippen molar-refractivity contribution in [3.63, 3.8) is 0 Å². The molecular weight excluding hydrogens is 418 g/mol. The molecule has 2 rings (SSSR count). The molecule has 1 saturated heterocycles. The van der Waals surface area contributed by atoms with Gasteiger partial charge in [0.1, 0.15) is 6.23 Å². The number of H-pyrrole nitrogens is 1. The van der Waals surface area contributed by atoms with Crippen molar-refractivity contribution in [3.05, 3.63) is 37.9 Å². The number of hydrogen-bond donors (Lipinski definition) is 2. The van der Waals surface area contributed by atoms with E-state index in [4.69, 9.17) is 9.84 Å². The molecule has 8 heteroatoms. The third kappa shape index (κ3) is 3.15.